The van der Waals surface area contributed by atoms with Crippen LogP contribution in [0, 0.1) is 0 Å². The highest BCUT2D eigenvalue weighted by molar-refractivity contribution is 8.18. The summed E-state index contributed by atoms with van der Waals surface area (Å²) in [7, 11) is 0. The standard InChI is InChI=1S/C18H15Cl2NO3S/c1-2-3-8-21-17(22)16(25-18(21)23)10-12-5-7-15(24-12)13-9-11(19)4-6-14(13)20/h4-7,9-10H,2-3,8H2,1H3. The van der Waals surface area contributed by atoms with E-state index in [4.69, 9.17) is 27.6 Å². The highest BCUT2D eigenvalue weighted by atomic mass is 35.5. The van der Waals surface area contributed by atoms with Crippen LogP contribution in [0.3, 0.4) is 0 Å². The molecule has 2 heterocycles. The number of halogens is 2. The molecule has 0 unspecified atom stereocenters. The minimum atomic E-state index is -0.276. The van der Waals surface area contributed by atoms with E-state index in [1.54, 1.807) is 36.4 Å². The normalized spacial score (nSPS) is 16.3. The molecule has 1 fully saturated rings. The summed E-state index contributed by atoms with van der Waals surface area (Å²) in [4.78, 5) is 25.9. The van der Waals surface area contributed by atoms with Gasteiger partial charge in [-0.2, -0.15) is 0 Å². The lowest BCUT2D eigenvalue weighted by Crippen LogP contribution is -2.29. The van der Waals surface area contributed by atoms with Gasteiger partial charge >= 0.3 is 0 Å². The van der Waals surface area contributed by atoms with Gasteiger partial charge in [-0.15, -0.1) is 0 Å². The summed E-state index contributed by atoms with van der Waals surface area (Å²) in [6.45, 7) is 2.46. The Bertz CT molecular complexity index is 860. The quantitative estimate of drug-likeness (QED) is 0.574. The van der Waals surface area contributed by atoms with E-state index in [-0.39, 0.29) is 11.1 Å². The van der Waals surface area contributed by atoms with E-state index >= 15 is 0 Å². The van der Waals surface area contributed by atoms with Gasteiger partial charge in [-0.25, -0.2) is 0 Å². The molecule has 0 atom stereocenters. The maximum absolute atomic E-state index is 12.3. The van der Waals surface area contributed by atoms with Crippen molar-refractivity contribution in [1.82, 2.24) is 4.90 Å². The second-order valence-electron chi connectivity index (χ2n) is 5.51. The maximum Gasteiger partial charge on any atom is 0.293 e. The van der Waals surface area contributed by atoms with E-state index in [9.17, 15) is 9.59 Å². The number of imide groups is 1. The molecule has 4 nitrogen and oxygen atoms in total. The van der Waals surface area contributed by atoms with Crippen molar-refractivity contribution in [3.63, 3.8) is 0 Å². The predicted molar refractivity (Wildman–Crippen MR) is 102 cm³/mol. The maximum atomic E-state index is 12.3. The number of carbonyl (C=O) groups is 2. The molecule has 0 N–H and O–H groups in total. The van der Waals surface area contributed by atoms with Gasteiger partial charge in [0.1, 0.15) is 11.5 Å². The molecule has 2 aromatic rings. The minimum absolute atomic E-state index is 0.241. The largest absolute Gasteiger partial charge is 0.457 e. The lowest BCUT2D eigenvalue weighted by Gasteiger charge is -2.10. The second kappa shape index (κ2) is 7.68. The number of amides is 2. The Morgan fingerprint density at radius 1 is 1.20 bits per heavy atom. The van der Waals surface area contributed by atoms with Crippen molar-refractivity contribution >= 4 is 52.2 Å². The molecule has 0 saturated carbocycles. The summed E-state index contributed by atoms with van der Waals surface area (Å²) in [5, 5.41) is 0.828. The zero-order valence-electron chi connectivity index (χ0n) is 13.4. The number of unbranched alkanes of at least 4 members (excludes halogenated alkanes) is 1. The Morgan fingerprint density at radius 3 is 2.76 bits per heavy atom. The zero-order chi connectivity index (χ0) is 18.0. The third kappa shape index (κ3) is 3.94. The Labute approximate surface area is 159 Å². The number of carbonyl (C=O) groups excluding carboxylic acids is 2. The molecule has 25 heavy (non-hydrogen) atoms. The van der Waals surface area contributed by atoms with Crippen LogP contribution in [0.5, 0.6) is 0 Å². The lowest BCUT2D eigenvalue weighted by atomic mass is 10.2. The van der Waals surface area contributed by atoms with Crippen LogP contribution < -0.4 is 0 Å². The highest BCUT2D eigenvalue weighted by Gasteiger charge is 2.34. The Hall–Kier alpha value is -1.69. The van der Waals surface area contributed by atoms with E-state index in [2.05, 4.69) is 0 Å². The molecule has 1 aliphatic rings. The number of hydrogen-bond donors (Lipinski definition) is 0. The number of furan rings is 1. The molecule has 2 amide bonds. The highest BCUT2D eigenvalue weighted by Crippen LogP contribution is 2.35. The van der Waals surface area contributed by atoms with E-state index < -0.39 is 0 Å². The van der Waals surface area contributed by atoms with Crippen molar-refractivity contribution in [2.45, 2.75) is 19.8 Å². The Morgan fingerprint density at radius 2 is 2.00 bits per heavy atom. The number of nitrogens with zero attached hydrogens (tertiary/aromatic N) is 1. The molecule has 3 rings (SSSR count). The summed E-state index contributed by atoms with van der Waals surface area (Å²) >= 11 is 13.1. The first-order chi connectivity index (χ1) is 12.0. The van der Waals surface area contributed by atoms with Crippen molar-refractivity contribution in [1.29, 1.82) is 0 Å². The van der Waals surface area contributed by atoms with Gasteiger partial charge in [0.25, 0.3) is 11.1 Å². The van der Waals surface area contributed by atoms with E-state index in [1.807, 2.05) is 6.92 Å². The summed E-state index contributed by atoms with van der Waals surface area (Å²) in [6.07, 6.45) is 3.30. The molecule has 1 aliphatic heterocycles. The predicted octanol–water partition coefficient (Wildman–Crippen LogP) is 6.09. The van der Waals surface area contributed by atoms with Gasteiger partial charge < -0.3 is 4.42 Å². The summed E-state index contributed by atoms with van der Waals surface area (Å²) < 4.78 is 5.75. The SMILES string of the molecule is CCCCN1C(=O)SC(=Cc2ccc(-c3cc(Cl)ccc3Cl)o2)C1=O. The number of hydrogen-bond acceptors (Lipinski definition) is 4. The number of rotatable bonds is 5. The first-order valence-electron chi connectivity index (χ1n) is 7.80. The van der Waals surface area contributed by atoms with Crippen molar-refractivity contribution in [2.75, 3.05) is 6.54 Å². The van der Waals surface area contributed by atoms with Crippen LogP contribution in [0.15, 0.2) is 39.7 Å². The monoisotopic (exact) mass is 395 g/mol. The molecule has 1 aromatic carbocycles. The third-order valence-corrected chi connectivity index (χ3v) is 5.17. The molecule has 7 heteroatoms. The molecule has 0 bridgehead atoms. The smallest absolute Gasteiger partial charge is 0.293 e. The topological polar surface area (TPSA) is 50.5 Å². The van der Waals surface area contributed by atoms with Gasteiger partial charge in [0, 0.05) is 23.2 Å². The number of thioether (sulfide) groups is 1. The first kappa shape index (κ1) is 18.1. The van der Waals surface area contributed by atoms with Gasteiger partial charge in [0.05, 0.1) is 9.93 Å². The van der Waals surface area contributed by atoms with Crippen LogP contribution in [-0.2, 0) is 4.79 Å². The van der Waals surface area contributed by atoms with Gasteiger partial charge in [0.15, 0.2) is 0 Å². The zero-order valence-corrected chi connectivity index (χ0v) is 15.7. The fraction of sp³-hybridized carbons (Fsp3) is 0.222. The molecule has 1 aromatic heterocycles. The number of benzene rings is 1. The van der Waals surface area contributed by atoms with Crippen LogP contribution in [0.4, 0.5) is 4.79 Å². The molecule has 1 saturated heterocycles. The van der Waals surface area contributed by atoms with Crippen LogP contribution >= 0.6 is 35.0 Å². The summed E-state index contributed by atoms with van der Waals surface area (Å²) in [5.41, 5.74) is 0.671. The van der Waals surface area contributed by atoms with Gasteiger partial charge in [-0.05, 0) is 48.5 Å². The van der Waals surface area contributed by atoms with E-state index in [0.717, 1.165) is 24.6 Å². The summed E-state index contributed by atoms with van der Waals surface area (Å²) in [6, 6.07) is 8.59. The average Bonchev–Trinajstić information content (AvgIpc) is 3.14. The lowest BCUT2D eigenvalue weighted by molar-refractivity contribution is -0.122. The van der Waals surface area contributed by atoms with E-state index in [0.29, 0.717) is 38.6 Å². The van der Waals surface area contributed by atoms with Crippen molar-refractivity contribution in [2.24, 2.45) is 0 Å². The third-order valence-electron chi connectivity index (χ3n) is 3.70. The van der Waals surface area contributed by atoms with E-state index in [1.165, 1.54) is 4.90 Å². The van der Waals surface area contributed by atoms with Crippen LogP contribution in [0.2, 0.25) is 10.0 Å². The summed E-state index contributed by atoms with van der Waals surface area (Å²) in [5.74, 6) is 0.748. The fourth-order valence-electron chi connectivity index (χ4n) is 2.40. The fourth-order valence-corrected chi connectivity index (χ4v) is 3.63. The van der Waals surface area contributed by atoms with Gasteiger partial charge in [-0.3, -0.25) is 14.5 Å². The van der Waals surface area contributed by atoms with Crippen molar-refractivity contribution in [3.05, 3.63) is 51.0 Å². The molecule has 130 valence electrons. The molecule has 0 aliphatic carbocycles. The molecular weight excluding hydrogens is 381 g/mol. The van der Waals surface area contributed by atoms with Crippen LogP contribution in [0.1, 0.15) is 25.5 Å². The Balaban J connectivity index is 1.84. The molecular formula is C18H15Cl2NO3S. The van der Waals surface area contributed by atoms with Gasteiger partial charge in [0.2, 0.25) is 0 Å². The second-order valence-corrected chi connectivity index (χ2v) is 7.35. The molecule has 0 radical (unpaired) electrons. The van der Waals surface area contributed by atoms with Gasteiger partial charge in [-0.1, -0.05) is 36.5 Å². The average molecular weight is 396 g/mol. The molecule has 0 spiro atoms. The Kier molecular flexibility index (Phi) is 5.57. The van der Waals surface area contributed by atoms with Crippen molar-refractivity contribution in [3.8, 4) is 11.3 Å². The van der Waals surface area contributed by atoms with Crippen LogP contribution in [-0.4, -0.2) is 22.6 Å². The van der Waals surface area contributed by atoms with Crippen LogP contribution in [0.25, 0.3) is 17.4 Å². The minimum Gasteiger partial charge on any atom is -0.457 e. The first-order valence-corrected chi connectivity index (χ1v) is 9.37. The van der Waals surface area contributed by atoms with Crippen molar-refractivity contribution < 1.29 is 14.0 Å².